The standard InChI is InChI=1S/C17H16IN3O3S/c1-2-24-12-7-5-6-11(10-12)15(22)19-17(25)21-20-16(23)13-8-3-4-9-14(13)18/h3-10H,2H2,1H3,(H,20,23)(H2,19,21,22,25). The molecule has 0 aliphatic carbocycles. The van der Waals surface area contributed by atoms with E-state index in [9.17, 15) is 9.59 Å². The highest BCUT2D eigenvalue weighted by Crippen LogP contribution is 2.13. The molecule has 2 aromatic carbocycles. The first-order valence-electron chi connectivity index (χ1n) is 7.40. The average molecular weight is 469 g/mol. The molecule has 130 valence electrons. The van der Waals surface area contributed by atoms with Crippen molar-refractivity contribution in [2.45, 2.75) is 6.92 Å². The lowest BCUT2D eigenvalue weighted by Gasteiger charge is -2.12. The summed E-state index contributed by atoms with van der Waals surface area (Å²) < 4.78 is 6.16. The van der Waals surface area contributed by atoms with Crippen LogP contribution in [0.5, 0.6) is 5.75 Å². The molecule has 0 bridgehead atoms. The van der Waals surface area contributed by atoms with Crippen LogP contribution in [0.1, 0.15) is 27.6 Å². The van der Waals surface area contributed by atoms with E-state index in [0.717, 1.165) is 3.57 Å². The van der Waals surface area contributed by atoms with E-state index in [1.54, 1.807) is 36.4 Å². The molecule has 0 aromatic heterocycles. The van der Waals surface area contributed by atoms with Crippen molar-refractivity contribution < 1.29 is 14.3 Å². The third-order valence-electron chi connectivity index (χ3n) is 3.04. The SMILES string of the molecule is CCOc1cccc(C(=O)NC(=S)NNC(=O)c2ccccc2I)c1. The second kappa shape index (κ2) is 9.33. The van der Waals surface area contributed by atoms with E-state index in [0.29, 0.717) is 23.5 Å². The maximum Gasteiger partial charge on any atom is 0.270 e. The smallest absolute Gasteiger partial charge is 0.270 e. The zero-order valence-corrected chi connectivity index (χ0v) is 16.3. The number of hydrazine groups is 1. The topological polar surface area (TPSA) is 79.5 Å². The molecule has 0 saturated heterocycles. The minimum atomic E-state index is -0.400. The fourth-order valence-corrected chi connectivity index (χ4v) is 2.70. The molecule has 0 atom stereocenters. The van der Waals surface area contributed by atoms with Crippen molar-refractivity contribution in [2.75, 3.05) is 6.61 Å². The van der Waals surface area contributed by atoms with Crippen molar-refractivity contribution in [2.24, 2.45) is 0 Å². The molecule has 0 radical (unpaired) electrons. The Bertz CT molecular complexity index is 798. The molecule has 2 aromatic rings. The molecule has 0 heterocycles. The summed E-state index contributed by atoms with van der Waals surface area (Å²) in [6.45, 7) is 2.37. The Morgan fingerprint density at radius 1 is 1.08 bits per heavy atom. The van der Waals surface area contributed by atoms with Gasteiger partial charge in [-0.15, -0.1) is 0 Å². The minimum absolute atomic E-state index is 0.00824. The Labute approximate surface area is 164 Å². The van der Waals surface area contributed by atoms with Crippen molar-refractivity contribution in [1.29, 1.82) is 0 Å². The van der Waals surface area contributed by atoms with Gasteiger partial charge in [-0.1, -0.05) is 18.2 Å². The largest absolute Gasteiger partial charge is 0.494 e. The van der Waals surface area contributed by atoms with Crippen LogP contribution in [0.25, 0.3) is 0 Å². The van der Waals surface area contributed by atoms with Gasteiger partial charge >= 0.3 is 0 Å². The van der Waals surface area contributed by atoms with E-state index >= 15 is 0 Å². The number of benzene rings is 2. The fourth-order valence-electron chi connectivity index (χ4n) is 1.93. The second-order valence-electron chi connectivity index (χ2n) is 4.80. The normalized spacial score (nSPS) is 9.84. The first kappa shape index (κ1) is 19.1. The highest BCUT2D eigenvalue weighted by Gasteiger charge is 2.11. The van der Waals surface area contributed by atoms with Crippen molar-refractivity contribution >= 4 is 51.7 Å². The third-order valence-corrected chi connectivity index (χ3v) is 4.19. The van der Waals surface area contributed by atoms with Crippen LogP contribution in [0.15, 0.2) is 48.5 Å². The minimum Gasteiger partial charge on any atom is -0.494 e. The number of carbonyl (C=O) groups excluding carboxylic acids is 2. The van der Waals surface area contributed by atoms with Gasteiger partial charge in [-0.2, -0.15) is 0 Å². The van der Waals surface area contributed by atoms with Crippen molar-refractivity contribution in [3.05, 3.63) is 63.2 Å². The molecule has 0 spiro atoms. The maximum absolute atomic E-state index is 12.2. The number of rotatable bonds is 4. The van der Waals surface area contributed by atoms with Gasteiger partial charge in [0, 0.05) is 9.13 Å². The van der Waals surface area contributed by atoms with Crippen LogP contribution in [0.2, 0.25) is 0 Å². The number of nitrogens with one attached hydrogen (secondary N) is 3. The van der Waals surface area contributed by atoms with Crippen LogP contribution in [-0.2, 0) is 0 Å². The lowest BCUT2D eigenvalue weighted by atomic mass is 10.2. The number of ether oxygens (including phenoxy) is 1. The molecule has 8 heteroatoms. The maximum atomic E-state index is 12.2. The van der Waals surface area contributed by atoms with Crippen LogP contribution < -0.4 is 20.9 Å². The Morgan fingerprint density at radius 2 is 1.84 bits per heavy atom. The molecule has 2 amide bonds. The summed E-state index contributed by atoms with van der Waals surface area (Å²) in [5, 5.41) is 2.49. The van der Waals surface area contributed by atoms with Crippen LogP contribution in [0.3, 0.4) is 0 Å². The summed E-state index contributed by atoms with van der Waals surface area (Å²) in [6, 6.07) is 13.9. The van der Waals surface area contributed by atoms with Gasteiger partial charge in [0.1, 0.15) is 5.75 Å². The first-order chi connectivity index (χ1) is 12.0. The fraction of sp³-hybridized carbons (Fsp3) is 0.118. The van der Waals surface area contributed by atoms with Crippen molar-refractivity contribution in [3.8, 4) is 5.75 Å². The molecule has 2 rings (SSSR count). The number of halogens is 1. The van der Waals surface area contributed by atoms with Gasteiger partial charge in [0.05, 0.1) is 12.2 Å². The molecular weight excluding hydrogens is 453 g/mol. The summed E-state index contributed by atoms with van der Waals surface area (Å²) in [4.78, 5) is 24.2. The van der Waals surface area contributed by atoms with Crippen LogP contribution >= 0.6 is 34.8 Å². The highest BCUT2D eigenvalue weighted by atomic mass is 127. The predicted octanol–water partition coefficient (Wildman–Crippen LogP) is 2.64. The zero-order chi connectivity index (χ0) is 18.2. The molecule has 0 aliphatic heterocycles. The quantitative estimate of drug-likeness (QED) is 0.365. The van der Waals surface area contributed by atoms with Gasteiger partial charge < -0.3 is 4.74 Å². The van der Waals surface area contributed by atoms with Crippen LogP contribution in [-0.4, -0.2) is 23.5 Å². The van der Waals surface area contributed by atoms with Crippen molar-refractivity contribution in [1.82, 2.24) is 16.2 Å². The van der Waals surface area contributed by atoms with E-state index < -0.39 is 5.91 Å². The average Bonchev–Trinajstić information content (AvgIpc) is 2.60. The van der Waals surface area contributed by atoms with Gasteiger partial charge in [0.25, 0.3) is 11.8 Å². The van der Waals surface area contributed by atoms with E-state index in [2.05, 4.69) is 38.8 Å². The summed E-state index contributed by atoms with van der Waals surface area (Å²) in [6.07, 6.45) is 0. The number of thiocarbonyl (C=S) groups is 1. The first-order valence-corrected chi connectivity index (χ1v) is 8.89. The lowest BCUT2D eigenvalue weighted by Crippen LogP contribution is -2.48. The molecule has 6 nitrogen and oxygen atoms in total. The molecule has 0 unspecified atom stereocenters. The summed E-state index contributed by atoms with van der Waals surface area (Å²) in [5.74, 6) is -0.150. The molecule has 0 fully saturated rings. The van der Waals surface area contributed by atoms with E-state index in [-0.39, 0.29) is 11.0 Å². The van der Waals surface area contributed by atoms with Gasteiger partial charge in [-0.05, 0) is 72.1 Å². The van der Waals surface area contributed by atoms with E-state index in [1.807, 2.05) is 19.1 Å². The summed E-state index contributed by atoms with van der Waals surface area (Å²) in [7, 11) is 0. The van der Waals surface area contributed by atoms with Crippen LogP contribution in [0, 0.1) is 3.57 Å². The number of amides is 2. The molecule has 3 N–H and O–H groups in total. The van der Waals surface area contributed by atoms with Gasteiger partial charge in [-0.25, -0.2) is 0 Å². The van der Waals surface area contributed by atoms with Gasteiger partial charge in [0.15, 0.2) is 5.11 Å². The Kier molecular flexibility index (Phi) is 7.14. The summed E-state index contributed by atoms with van der Waals surface area (Å²) >= 11 is 7.09. The van der Waals surface area contributed by atoms with E-state index in [4.69, 9.17) is 17.0 Å². The Morgan fingerprint density at radius 3 is 2.56 bits per heavy atom. The van der Waals surface area contributed by atoms with Crippen LogP contribution in [0.4, 0.5) is 0 Å². The lowest BCUT2D eigenvalue weighted by molar-refractivity contribution is 0.0934. The second-order valence-corrected chi connectivity index (χ2v) is 6.37. The number of hydrogen-bond donors (Lipinski definition) is 3. The van der Waals surface area contributed by atoms with Crippen molar-refractivity contribution in [3.63, 3.8) is 0 Å². The molecule has 0 aliphatic rings. The highest BCUT2D eigenvalue weighted by molar-refractivity contribution is 14.1. The summed E-state index contributed by atoms with van der Waals surface area (Å²) in [5.41, 5.74) is 5.88. The monoisotopic (exact) mass is 469 g/mol. The van der Waals surface area contributed by atoms with Gasteiger partial charge in [0.2, 0.25) is 0 Å². The molecule has 25 heavy (non-hydrogen) atoms. The number of carbonyl (C=O) groups is 2. The predicted molar refractivity (Wildman–Crippen MR) is 107 cm³/mol. The zero-order valence-electron chi connectivity index (χ0n) is 13.3. The molecule has 0 saturated carbocycles. The van der Waals surface area contributed by atoms with E-state index in [1.165, 1.54) is 0 Å². The number of hydrogen-bond acceptors (Lipinski definition) is 4. The Balaban J connectivity index is 1.89. The van der Waals surface area contributed by atoms with Gasteiger partial charge in [-0.3, -0.25) is 25.8 Å². The Hall–Kier alpha value is -2.20. The third kappa shape index (κ3) is 5.68. The molecular formula is C17H16IN3O3S.